The highest BCUT2D eigenvalue weighted by Gasteiger charge is 2.18. The molecule has 0 bridgehead atoms. The van der Waals surface area contributed by atoms with E-state index in [9.17, 15) is 14.4 Å². The minimum Gasteiger partial charge on any atom is -0.481 e. The molecule has 7 heteroatoms. The molecule has 0 aliphatic carbocycles. The van der Waals surface area contributed by atoms with Crippen molar-refractivity contribution < 1.29 is 19.5 Å². The van der Waals surface area contributed by atoms with Gasteiger partial charge in [0.2, 0.25) is 5.91 Å². The Morgan fingerprint density at radius 2 is 2.15 bits per heavy atom. The summed E-state index contributed by atoms with van der Waals surface area (Å²) >= 11 is 1.31. The molecule has 0 fully saturated rings. The first kappa shape index (κ1) is 16.2. The van der Waals surface area contributed by atoms with Crippen LogP contribution >= 0.6 is 11.3 Å². The number of carboxylic acids is 1. The van der Waals surface area contributed by atoms with Gasteiger partial charge in [-0.25, -0.2) is 0 Å². The summed E-state index contributed by atoms with van der Waals surface area (Å²) in [7, 11) is 1.54. The zero-order valence-corrected chi connectivity index (χ0v) is 12.3. The summed E-state index contributed by atoms with van der Waals surface area (Å²) in [6, 6.07) is 3.46. The summed E-state index contributed by atoms with van der Waals surface area (Å²) in [5, 5.41) is 13.2. The van der Waals surface area contributed by atoms with Gasteiger partial charge in [-0.15, -0.1) is 11.3 Å². The van der Waals surface area contributed by atoms with Crippen molar-refractivity contribution in [3.05, 3.63) is 22.4 Å². The van der Waals surface area contributed by atoms with Crippen molar-refractivity contribution in [1.29, 1.82) is 0 Å². The predicted molar refractivity (Wildman–Crippen MR) is 75.7 cm³/mol. The van der Waals surface area contributed by atoms with Crippen LogP contribution in [0.2, 0.25) is 0 Å². The lowest BCUT2D eigenvalue weighted by Crippen LogP contribution is -2.40. The van der Waals surface area contributed by atoms with Gasteiger partial charge in [0.25, 0.3) is 5.91 Å². The monoisotopic (exact) mass is 298 g/mol. The highest BCUT2D eigenvalue weighted by atomic mass is 32.1. The van der Waals surface area contributed by atoms with Crippen LogP contribution < -0.4 is 5.32 Å². The summed E-state index contributed by atoms with van der Waals surface area (Å²) in [4.78, 5) is 36.3. The van der Waals surface area contributed by atoms with Crippen molar-refractivity contribution in [3.8, 4) is 0 Å². The summed E-state index contributed by atoms with van der Waals surface area (Å²) < 4.78 is 0. The van der Waals surface area contributed by atoms with Gasteiger partial charge in [0.05, 0.1) is 17.3 Å². The molecule has 0 saturated carbocycles. The van der Waals surface area contributed by atoms with Gasteiger partial charge < -0.3 is 15.3 Å². The van der Waals surface area contributed by atoms with E-state index in [-0.39, 0.29) is 24.9 Å². The number of aliphatic carboxylic acids is 1. The van der Waals surface area contributed by atoms with E-state index in [1.165, 1.54) is 23.3 Å². The van der Waals surface area contributed by atoms with E-state index in [2.05, 4.69) is 5.32 Å². The summed E-state index contributed by atoms with van der Waals surface area (Å²) in [6.45, 7) is 1.73. The number of hydrogen-bond acceptors (Lipinski definition) is 4. The van der Waals surface area contributed by atoms with Crippen LogP contribution in [0.1, 0.15) is 23.0 Å². The molecule has 1 heterocycles. The van der Waals surface area contributed by atoms with E-state index in [4.69, 9.17) is 5.11 Å². The Morgan fingerprint density at radius 3 is 2.65 bits per heavy atom. The van der Waals surface area contributed by atoms with Gasteiger partial charge in [0.15, 0.2) is 0 Å². The van der Waals surface area contributed by atoms with E-state index in [1.807, 2.05) is 0 Å². The minimum absolute atomic E-state index is 0.0751. The zero-order valence-electron chi connectivity index (χ0n) is 11.5. The van der Waals surface area contributed by atoms with E-state index >= 15 is 0 Å². The lowest BCUT2D eigenvalue weighted by Gasteiger charge is -2.17. The average Bonchev–Trinajstić information content (AvgIpc) is 2.91. The molecule has 0 aliphatic rings. The molecule has 0 spiro atoms. The average molecular weight is 298 g/mol. The maximum Gasteiger partial charge on any atom is 0.308 e. The molecule has 6 nitrogen and oxygen atoms in total. The third-order valence-electron chi connectivity index (χ3n) is 2.85. The highest BCUT2D eigenvalue weighted by Crippen LogP contribution is 2.10. The molecular weight excluding hydrogens is 280 g/mol. The summed E-state index contributed by atoms with van der Waals surface area (Å²) in [5.41, 5.74) is 0. The number of carbonyl (C=O) groups excluding carboxylic acids is 2. The smallest absolute Gasteiger partial charge is 0.308 e. The van der Waals surface area contributed by atoms with Gasteiger partial charge in [-0.05, 0) is 17.9 Å². The Morgan fingerprint density at radius 1 is 1.45 bits per heavy atom. The lowest BCUT2D eigenvalue weighted by atomic mass is 10.1. The van der Waals surface area contributed by atoms with Crippen LogP contribution in [0.15, 0.2) is 17.5 Å². The highest BCUT2D eigenvalue weighted by molar-refractivity contribution is 7.12. The fraction of sp³-hybridized carbons (Fsp3) is 0.462. The molecule has 110 valence electrons. The van der Waals surface area contributed by atoms with Crippen LogP contribution in [0.3, 0.4) is 0 Å². The van der Waals surface area contributed by atoms with Gasteiger partial charge in [-0.3, -0.25) is 14.4 Å². The molecule has 20 heavy (non-hydrogen) atoms. The van der Waals surface area contributed by atoms with Crippen molar-refractivity contribution in [3.63, 3.8) is 0 Å². The number of rotatable bonds is 7. The normalized spacial score (nSPS) is 11.7. The maximum atomic E-state index is 11.9. The van der Waals surface area contributed by atoms with Gasteiger partial charge in [0.1, 0.15) is 0 Å². The second-order valence-electron chi connectivity index (χ2n) is 4.39. The van der Waals surface area contributed by atoms with Crippen molar-refractivity contribution in [2.45, 2.75) is 13.3 Å². The van der Waals surface area contributed by atoms with Crippen molar-refractivity contribution in [2.24, 2.45) is 5.92 Å². The summed E-state index contributed by atoms with van der Waals surface area (Å²) in [5.74, 6) is -2.12. The third-order valence-corrected chi connectivity index (χ3v) is 3.70. The van der Waals surface area contributed by atoms with Crippen LogP contribution in [0.25, 0.3) is 0 Å². The first-order valence-corrected chi connectivity index (χ1v) is 7.12. The fourth-order valence-corrected chi connectivity index (χ4v) is 2.29. The number of nitrogens with one attached hydrogen (secondary N) is 1. The lowest BCUT2D eigenvalue weighted by molar-refractivity contribution is -0.141. The molecule has 1 atom stereocenters. The van der Waals surface area contributed by atoms with E-state index in [1.54, 1.807) is 24.4 Å². The van der Waals surface area contributed by atoms with Crippen molar-refractivity contribution in [2.75, 3.05) is 20.1 Å². The number of likely N-dealkylation sites (N-methyl/N-ethyl adjacent to an activating group) is 1. The molecular formula is C13H18N2O4S. The van der Waals surface area contributed by atoms with E-state index in [0.717, 1.165) is 0 Å². The number of thiophene rings is 1. The molecule has 0 radical (unpaired) electrons. The topological polar surface area (TPSA) is 86.7 Å². The predicted octanol–water partition coefficient (Wildman–Crippen LogP) is 1.05. The fourth-order valence-electron chi connectivity index (χ4n) is 1.57. The largest absolute Gasteiger partial charge is 0.481 e. The summed E-state index contributed by atoms with van der Waals surface area (Å²) in [6.07, 6.45) is 0.444. The number of carboxylic acid groups (broad SMARTS) is 1. The maximum absolute atomic E-state index is 11.9. The second-order valence-corrected chi connectivity index (χ2v) is 5.33. The third kappa shape index (κ3) is 4.65. The van der Waals surface area contributed by atoms with Crippen LogP contribution in [-0.4, -0.2) is 47.9 Å². The van der Waals surface area contributed by atoms with E-state index in [0.29, 0.717) is 11.3 Å². The molecule has 0 aromatic carbocycles. The van der Waals surface area contributed by atoms with Crippen LogP contribution in [0, 0.1) is 5.92 Å². The van der Waals surface area contributed by atoms with Gasteiger partial charge >= 0.3 is 5.97 Å². The van der Waals surface area contributed by atoms with Gasteiger partial charge in [0, 0.05) is 13.6 Å². The zero-order chi connectivity index (χ0) is 15.1. The molecule has 1 aromatic heterocycles. The van der Waals surface area contributed by atoms with Crippen LogP contribution in [0.4, 0.5) is 0 Å². The van der Waals surface area contributed by atoms with Gasteiger partial charge in [-0.1, -0.05) is 13.0 Å². The Balaban J connectivity index is 2.42. The molecule has 0 saturated heterocycles. The first-order valence-electron chi connectivity index (χ1n) is 6.24. The second kappa shape index (κ2) is 7.64. The Kier molecular flexibility index (Phi) is 6.17. The van der Waals surface area contributed by atoms with Crippen LogP contribution in [0.5, 0.6) is 0 Å². The molecule has 1 aromatic rings. The number of carbonyl (C=O) groups is 3. The number of nitrogens with zero attached hydrogens (tertiary/aromatic N) is 1. The van der Waals surface area contributed by atoms with Crippen molar-refractivity contribution >= 4 is 29.1 Å². The first-order chi connectivity index (χ1) is 9.45. The quantitative estimate of drug-likeness (QED) is 0.787. The van der Waals surface area contributed by atoms with Crippen molar-refractivity contribution in [1.82, 2.24) is 10.2 Å². The Bertz CT molecular complexity index is 473. The Hall–Kier alpha value is -1.89. The van der Waals surface area contributed by atoms with E-state index < -0.39 is 11.9 Å². The standard InChI is InChI=1S/C13H18N2O4S/c1-3-9(13(18)19)7-14-11(16)8-15(2)12(17)10-5-4-6-20-10/h4-6,9H,3,7-8H2,1-2H3,(H,14,16)(H,18,19). The minimum atomic E-state index is -0.934. The van der Waals surface area contributed by atoms with Gasteiger partial charge in [-0.2, -0.15) is 0 Å². The Labute approximate surface area is 121 Å². The SMILES string of the molecule is CCC(CNC(=O)CN(C)C(=O)c1cccs1)C(=O)O. The molecule has 2 amide bonds. The number of hydrogen-bond donors (Lipinski definition) is 2. The molecule has 2 N–H and O–H groups in total. The molecule has 0 aliphatic heterocycles. The molecule has 1 rings (SSSR count). The number of amides is 2. The van der Waals surface area contributed by atoms with Crippen LogP contribution in [-0.2, 0) is 9.59 Å². The molecule has 1 unspecified atom stereocenters.